The van der Waals surface area contributed by atoms with Gasteiger partial charge in [-0.1, -0.05) is 6.07 Å². The van der Waals surface area contributed by atoms with Gasteiger partial charge in [-0.25, -0.2) is 13.2 Å². The maximum absolute atomic E-state index is 12.4. The summed E-state index contributed by atoms with van der Waals surface area (Å²) < 4.78 is 32.3. The topological polar surface area (TPSA) is 92.2 Å². The predicted octanol–water partition coefficient (Wildman–Crippen LogP) is 2.54. The molecule has 0 aliphatic carbocycles. The van der Waals surface area contributed by atoms with Gasteiger partial charge in [0.1, 0.15) is 0 Å². The molecule has 1 aromatic heterocycles. The minimum Gasteiger partial charge on any atom is -0.408 e. The SMILES string of the molecule is Cc1cc(C)cc(NS(=O)(=O)c2ccc3[nH]c(=O)oc3c2)c1. The Labute approximate surface area is 126 Å². The van der Waals surface area contributed by atoms with E-state index in [-0.39, 0.29) is 10.5 Å². The summed E-state index contributed by atoms with van der Waals surface area (Å²) in [7, 11) is -3.75. The zero-order valence-corrected chi connectivity index (χ0v) is 12.8. The lowest BCUT2D eigenvalue weighted by atomic mass is 10.1. The Balaban J connectivity index is 2.01. The number of benzene rings is 2. The number of aromatic nitrogens is 1. The van der Waals surface area contributed by atoms with Crippen molar-refractivity contribution in [3.63, 3.8) is 0 Å². The summed E-state index contributed by atoms with van der Waals surface area (Å²) in [4.78, 5) is 13.6. The second-order valence-electron chi connectivity index (χ2n) is 5.15. The Morgan fingerprint density at radius 1 is 1.05 bits per heavy atom. The first kappa shape index (κ1) is 14.4. The van der Waals surface area contributed by atoms with Crippen molar-refractivity contribution in [3.05, 3.63) is 58.1 Å². The average molecular weight is 318 g/mol. The summed E-state index contributed by atoms with van der Waals surface area (Å²) in [6.07, 6.45) is 0. The van der Waals surface area contributed by atoms with E-state index in [1.807, 2.05) is 19.9 Å². The van der Waals surface area contributed by atoms with Crippen LogP contribution in [-0.4, -0.2) is 13.4 Å². The maximum Gasteiger partial charge on any atom is 0.417 e. The fourth-order valence-electron chi connectivity index (χ4n) is 2.34. The van der Waals surface area contributed by atoms with Gasteiger partial charge >= 0.3 is 5.76 Å². The molecule has 0 aliphatic rings. The lowest BCUT2D eigenvalue weighted by molar-refractivity contribution is 0.554. The Hall–Kier alpha value is -2.54. The molecule has 2 aromatic carbocycles. The van der Waals surface area contributed by atoms with E-state index in [2.05, 4.69) is 9.71 Å². The third-order valence-electron chi connectivity index (χ3n) is 3.18. The lowest BCUT2D eigenvalue weighted by Crippen LogP contribution is -2.13. The van der Waals surface area contributed by atoms with Crippen molar-refractivity contribution in [2.24, 2.45) is 0 Å². The molecule has 0 radical (unpaired) electrons. The Kier molecular flexibility index (Phi) is 3.29. The molecule has 7 heteroatoms. The van der Waals surface area contributed by atoms with Crippen LogP contribution in [0.1, 0.15) is 11.1 Å². The number of rotatable bonds is 3. The lowest BCUT2D eigenvalue weighted by Gasteiger charge is -2.09. The van der Waals surface area contributed by atoms with Crippen LogP contribution >= 0.6 is 0 Å². The summed E-state index contributed by atoms with van der Waals surface area (Å²) in [6, 6.07) is 9.69. The molecule has 114 valence electrons. The third-order valence-corrected chi connectivity index (χ3v) is 4.56. The largest absolute Gasteiger partial charge is 0.417 e. The van der Waals surface area contributed by atoms with Crippen LogP contribution in [0.2, 0.25) is 0 Å². The van der Waals surface area contributed by atoms with Crippen molar-refractivity contribution < 1.29 is 12.8 Å². The van der Waals surface area contributed by atoms with Crippen molar-refractivity contribution in [1.82, 2.24) is 4.98 Å². The molecule has 0 bridgehead atoms. The van der Waals surface area contributed by atoms with Gasteiger partial charge in [0.05, 0.1) is 10.4 Å². The second kappa shape index (κ2) is 5.03. The van der Waals surface area contributed by atoms with Gasteiger partial charge in [-0.15, -0.1) is 0 Å². The molecule has 1 heterocycles. The number of oxazole rings is 1. The van der Waals surface area contributed by atoms with Gasteiger partial charge < -0.3 is 4.42 Å². The number of aryl methyl sites for hydroxylation is 2. The number of nitrogens with one attached hydrogen (secondary N) is 2. The Bertz CT molecular complexity index is 995. The van der Waals surface area contributed by atoms with Gasteiger partial charge in [0, 0.05) is 11.8 Å². The quantitative estimate of drug-likeness (QED) is 0.776. The monoisotopic (exact) mass is 318 g/mol. The molecule has 0 fully saturated rings. The van der Waals surface area contributed by atoms with E-state index in [1.54, 1.807) is 12.1 Å². The van der Waals surface area contributed by atoms with Gasteiger partial charge in [-0.2, -0.15) is 0 Å². The number of fused-ring (bicyclic) bond motifs is 1. The molecule has 2 N–H and O–H groups in total. The van der Waals surface area contributed by atoms with Crippen LogP contribution in [-0.2, 0) is 10.0 Å². The van der Waals surface area contributed by atoms with Gasteiger partial charge in [0.2, 0.25) is 0 Å². The Morgan fingerprint density at radius 2 is 1.73 bits per heavy atom. The number of sulfonamides is 1. The minimum absolute atomic E-state index is 0.0295. The van der Waals surface area contributed by atoms with Crippen LogP contribution in [0.5, 0.6) is 0 Å². The summed E-state index contributed by atoms with van der Waals surface area (Å²) >= 11 is 0. The second-order valence-corrected chi connectivity index (χ2v) is 6.84. The summed E-state index contributed by atoms with van der Waals surface area (Å²) in [5, 5.41) is 0. The van der Waals surface area contributed by atoms with Crippen LogP contribution in [0.25, 0.3) is 11.1 Å². The van der Waals surface area contributed by atoms with E-state index in [0.717, 1.165) is 11.1 Å². The van der Waals surface area contributed by atoms with Crippen LogP contribution in [0, 0.1) is 13.8 Å². The molecule has 0 saturated heterocycles. The standard InChI is InChI=1S/C15H14N2O4S/c1-9-5-10(2)7-11(6-9)17-22(19,20)12-3-4-13-14(8-12)21-15(18)16-13/h3-8,17H,1-2H3,(H,16,18). The van der Waals surface area contributed by atoms with E-state index < -0.39 is 15.8 Å². The predicted molar refractivity (Wildman–Crippen MR) is 83.6 cm³/mol. The molecule has 3 rings (SSSR count). The fourth-order valence-corrected chi connectivity index (χ4v) is 3.40. The molecule has 0 saturated carbocycles. The van der Waals surface area contributed by atoms with Crippen molar-refractivity contribution in [1.29, 1.82) is 0 Å². The summed E-state index contributed by atoms with van der Waals surface area (Å²) in [5.41, 5.74) is 3.08. The van der Waals surface area contributed by atoms with E-state index in [1.165, 1.54) is 18.2 Å². The van der Waals surface area contributed by atoms with Crippen LogP contribution in [0.15, 0.2) is 50.5 Å². The van der Waals surface area contributed by atoms with Gasteiger partial charge in [-0.05, 0) is 49.2 Å². The molecule has 0 unspecified atom stereocenters. The third kappa shape index (κ3) is 2.75. The number of hydrogen-bond acceptors (Lipinski definition) is 4. The van der Waals surface area contributed by atoms with E-state index in [9.17, 15) is 13.2 Å². The first-order valence-corrected chi connectivity index (χ1v) is 8.06. The van der Waals surface area contributed by atoms with E-state index in [0.29, 0.717) is 11.2 Å². The Morgan fingerprint density at radius 3 is 2.41 bits per heavy atom. The van der Waals surface area contributed by atoms with Crippen LogP contribution < -0.4 is 10.5 Å². The van der Waals surface area contributed by atoms with Crippen LogP contribution in [0.4, 0.5) is 5.69 Å². The highest BCUT2D eigenvalue weighted by Gasteiger charge is 2.16. The van der Waals surface area contributed by atoms with Crippen LogP contribution in [0.3, 0.4) is 0 Å². The molecular formula is C15H14N2O4S. The van der Waals surface area contributed by atoms with E-state index in [4.69, 9.17) is 4.42 Å². The number of anilines is 1. The molecule has 6 nitrogen and oxygen atoms in total. The number of H-pyrrole nitrogens is 1. The highest BCUT2D eigenvalue weighted by atomic mass is 32.2. The van der Waals surface area contributed by atoms with E-state index >= 15 is 0 Å². The summed E-state index contributed by atoms with van der Waals surface area (Å²) in [5.74, 6) is -0.619. The number of aromatic amines is 1. The smallest absolute Gasteiger partial charge is 0.408 e. The molecule has 3 aromatic rings. The molecule has 0 amide bonds. The highest BCUT2D eigenvalue weighted by molar-refractivity contribution is 7.92. The molecule has 22 heavy (non-hydrogen) atoms. The van der Waals surface area contributed by atoms with Gasteiger partial charge in [-0.3, -0.25) is 9.71 Å². The highest BCUT2D eigenvalue weighted by Crippen LogP contribution is 2.21. The van der Waals surface area contributed by atoms with Crippen molar-refractivity contribution >= 4 is 26.8 Å². The van der Waals surface area contributed by atoms with Crippen molar-refractivity contribution in [2.45, 2.75) is 18.7 Å². The average Bonchev–Trinajstić information content (AvgIpc) is 2.75. The minimum atomic E-state index is -3.75. The fraction of sp³-hybridized carbons (Fsp3) is 0.133. The molecule has 0 atom stereocenters. The maximum atomic E-state index is 12.4. The first-order chi connectivity index (χ1) is 10.3. The molecule has 0 aliphatic heterocycles. The molecule has 0 spiro atoms. The zero-order chi connectivity index (χ0) is 15.9. The number of hydrogen-bond donors (Lipinski definition) is 2. The first-order valence-electron chi connectivity index (χ1n) is 6.57. The van der Waals surface area contributed by atoms with Gasteiger partial charge in [0.25, 0.3) is 10.0 Å². The van der Waals surface area contributed by atoms with Crippen molar-refractivity contribution in [3.8, 4) is 0 Å². The normalized spacial score (nSPS) is 11.7. The zero-order valence-electron chi connectivity index (χ0n) is 12.0. The van der Waals surface area contributed by atoms with Gasteiger partial charge in [0.15, 0.2) is 5.58 Å². The molecular weight excluding hydrogens is 304 g/mol. The summed E-state index contributed by atoms with van der Waals surface area (Å²) in [6.45, 7) is 3.79. The van der Waals surface area contributed by atoms with Crippen molar-refractivity contribution in [2.75, 3.05) is 4.72 Å².